The molecule has 0 aliphatic heterocycles. The van der Waals surface area contributed by atoms with Gasteiger partial charge in [-0.1, -0.05) is 66.2 Å². The van der Waals surface area contributed by atoms with Gasteiger partial charge in [0.25, 0.3) is 6.47 Å². The topological polar surface area (TPSA) is 77.5 Å². The normalized spacial score (nSPS) is 13.1. The summed E-state index contributed by atoms with van der Waals surface area (Å²) < 4.78 is 28.8. The SMILES string of the molecule is CNc1c(C)nsc1-c1cc(Cl)c(-c2ccc(C3(C(=O)OC)CC3)cc2)cc1F.O=COCc1ccccc1. The number of aryl methyl sites for hydroxylation is 1. The Morgan fingerprint density at radius 1 is 1.13 bits per heavy atom. The Labute approximate surface area is 235 Å². The molecule has 202 valence electrons. The Morgan fingerprint density at radius 3 is 2.41 bits per heavy atom. The summed E-state index contributed by atoms with van der Waals surface area (Å²) in [5.74, 6) is -0.569. The number of hydrogen-bond acceptors (Lipinski definition) is 7. The van der Waals surface area contributed by atoms with Gasteiger partial charge < -0.3 is 14.8 Å². The molecule has 1 aromatic heterocycles. The van der Waals surface area contributed by atoms with Gasteiger partial charge in [-0.3, -0.25) is 9.59 Å². The zero-order chi connectivity index (χ0) is 28.0. The maximum Gasteiger partial charge on any atom is 0.316 e. The van der Waals surface area contributed by atoms with Gasteiger partial charge in [-0.25, -0.2) is 4.39 Å². The van der Waals surface area contributed by atoms with E-state index < -0.39 is 5.41 Å². The first-order valence-electron chi connectivity index (χ1n) is 12.3. The van der Waals surface area contributed by atoms with Crippen LogP contribution in [0.15, 0.2) is 66.7 Å². The Hall–Kier alpha value is -3.75. The fraction of sp³-hybridized carbons (Fsp3) is 0.233. The van der Waals surface area contributed by atoms with Crippen LogP contribution in [-0.4, -0.2) is 31.0 Å². The smallest absolute Gasteiger partial charge is 0.316 e. The van der Waals surface area contributed by atoms with E-state index in [1.807, 2.05) is 61.5 Å². The highest BCUT2D eigenvalue weighted by Gasteiger charge is 2.52. The molecule has 0 spiro atoms. The third kappa shape index (κ3) is 6.13. The van der Waals surface area contributed by atoms with Crippen LogP contribution < -0.4 is 5.32 Å². The van der Waals surface area contributed by atoms with Crippen LogP contribution in [-0.2, 0) is 31.1 Å². The first-order chi connectivity index (χ1) is 18.8. The fourth-order valence-electron chi connectivity index (χ4n) is 4.39. The highest BCUT2D eigenvalue weighted by atomic mass is 35.5. The third-order valence-corrected chi connectivity index (χ3v) is 7.93. The lowest BCUT2D eigenvalue weighted by Gasteiger charge is -2.14. The number of anilines is 1. The summed E-state index contributed by atoms with van der Waals surface area (Å²) in [5.41, 5.74) is 4.85. The number of methoxy groups -OCH3 is 1. The quantitative estimate of drug-likeness (QED) is 0.180. The minimum Gasteiger partial charge on any atom is -0.468 e. The van der Waals surface area contributed by atoms with Crippen molar-refractivity contribution in [3.05, 3.63) is 94.4 Å². The molecule has 0 unspecified atom stereocenters. The fourth-order valence-corrected chi connectivity index (χ4v) is 5.58. The van der Waals surface area contributed by atoms with Crippen LogP contribution in [0.3, 0.4) is 0 Å². The minimum atomic E-state index is -0.528. The minimum absolute atomic E-state index is 0.209. The molecule has 1 N–H and O–H groups in total. The molecule has 9 heteroatoms. The number of aromatic nitrogens is 1. The van der Waals surface area contributed by atoms with Gasteiger partial charge in [-0.2, -0.15) is 4.37 Å². The molecule has 1 heterocycles. The van der Waals surface area contributed by atoms with Crippen LogP contribution in [0.5, 0.6) is 0 Å². The molecule has 1 aliphatic rings. The molecule has 1 aliphatic carbocycles. The average molecular weight is 567 g/mol. The van der Waals surface area contributed by atoms with Crippen molar-refractivity contribution >= 4 is 41.3 Å². The van der Waals surface area contributed by atoms with Gasteiger partial charge in [-0.05, 0) is 60.1 Å². The Balaban J connectivity index is 0.000000298. The standard InChI is InChI=1S/C22H20ClFN2O2S.C8H8O2/c1-12-19(25-2)20(29-26-12)16-10-17(23)15(11-18(16)24)13-4-6-14(7-5-13)22(8-9-22)21(27)28-3;9-7-10-6-8-4-2-1-3-5-8/h4-7,10-11,25H,8-9H2,1-3H3;1-5,7H,6H2. The zero-order valence-corrected chi connectivity index (χ0v) is 23.4. The van der Waals surface area contributed by atoms with Crippen molar-refractivity contribution in [2.45, 2.75) is 31.8 Å². The molecule has 0 bridgehead atoms. The number of ether oxygens (including phenoxy) is 2. The maximum atomic E-state index is 15.0. The molecule has 39 heavy (non-hydrogen) atoms. The van der Waals surface area contributed by atoms with Crippen molar-refractivity contribution < 1.29 is 23.5 Å². The molecule has 0 atom stereocenters. The summed E-state index contributed by atoms with van der Waals surface area (Å²) in [6.07, 6.45) is 1.57. The van der Waals surface area contributed by atoms with Crippen molar-refractivity contribution in [3.63, 3.8) is 0 Å². The lowest BCUT2D eigenvalue weighted by molar-refractivity contribution is -0.143. The molecule has 0 radical (unpaired) electrons. The number of benzene rings is 3. The Morgan fingerprint density at radius 2 is 1.82 bits per heavy atom. The predicted molar refractivity (Wildman–Crippen MR) is 152 cm³/mol. The molecular weight excluding hydrogens is 539 g/mol. The van der Waals surface area contributed by atoms with Gasteiger partial charge in [0.2, 0.25) is 0 Å². The van der Waals surface area contributed by atoms with Crippen LogP contribution in [0.4, 0.5) is 10.1 Å². The number of nitrogens with one attached hydrogen (secondary N) is 1. The van der Waals surface area contributed by atoms with Gasteiger partial charge in [0.15, 0.2) is 0 Å². The largest absolute Gasteiger partial charge is 0.468 e. The molecule has 5 rings (SSSR count). The molecular formula is C30H28ClFN2O4S. The first-order valence-corrected chi connectivity index (χ1v) is 13.4. The van der Waals surface area contributed by atoms with Crippen molar-refractivity contribution in [2.75, 3.05) is 19.5 Å². The van der Waals surface area contributed by atoms with Crippen LogP contribution in [0.1, 0.15) is 29.7 Å². The molecule has 4 aromatic rings. The van der Waals surface area contributed by atoms with Crippen molar-refractivity contribution in [1.82, 2.24) is 4.37 Å². The summed E-state index contributed by atoms with van der Waals surface area (Å²) in [4.78, 5) is 22.6. The summed E-state index contributed by atoms with van der Waals surface area (Å²) in [6.45, 7) is 2.69. The summed E-state index contributed by atoms with van der Waals surface area (Å²) >= 11 is 7.77. The van der Waals surface area contributed by atoms with E-state index in [0.717, 1.165) is 45.8 Å². The Bertz CT molecular complexity index is 1450. The first kappa shape index (κ1) is 28.3. The number of carbonyl (C=O) groups excluding carboxylic acids is 2. The van der Waals surface area contributed by atoms with Gasteiger partial charge in [0.05, 0.1) is 28.8 Å². The van der Waals surface area contributed by atoms with Gasteiger partial charge >= 0.3 is 5.97 Å². The Kier molecular flexibility index (Phi) is 8.99. The second-order valence-corrected chi connectivity index (χ2v) is 10.3. The highest BCUT2D eigenvalue weighted by Crippen LogP contribution is 2.49. The van der Waals surface area contributed by atoms with Crippen molar-refractivity contribution in [3.8, 4) is 21.6 Å². The van der Waals surface area contributed by atoms with E-state index in [4.69, 9.17) is 16.3 Å². The van der Waals surface area contributed by atoms with E-state index in [0.29, 0.717) is 29.2 Å². The molecule has 1 saturated carbocycles. The highest BCUT2D eigenvalue weighted by molar-refractivity contribution is 7.10. The molecule has 0 amide bonds. The van der Waals surface area contributed by atoms with E-state index in [1.165, 1.54) is 24.7 Å². The van der Waals surface area contributed by atoms with Crippen LogP contribution in [0.25, 0.3) is 21.6 Å². The number of hydrogen-bond donors (Lipinski definition) is 1. The second kappa shape index (κ2) is 12.4. The number of halogens is 2. The van der Waals surface area contributed by atoms with Crippen molar-refractivity contribution in [2.24, 2.45) is 0 Å². The van der Waals surface area contributed by atoms with Gasteiger partial charge in [-0.15, -0.1) is 0 Å². The van der Waals surface area contributed by atoms with Crippen LogP contribution in [0, 0.1) is 12.7 Å². The third-order valence-electron chi connectivity index (χ3n) is 6.65. The zero-order valence-electron chi connectivity index (χ0n) is 21.8. The number of nitrogens with zero attached hydrogens (tertiary/aromatic N) is 1. The van der Waals surface area contributed by atoms with Crippen LogP contribution >= 0.6 is 23.1 Å². The molecule has 1 fully saturated rings. The van der Waals surface area contributed by atoms with E-state index >= 15 is 0 Å². The lowest BCUT2D eigenvalue weighted by atomic mass is 9.93. The lowest BCUT2D eigenvalue weighted by Crippen LogP contribution is -2.21. The monoisotopic (exact) mass is 566 g/mol. The van der Waals surface area contributed by atoms with E-state index in [2.05, 4.69) is 14.4 Å². The number of carbonyl (C=O) groups is 2. The summed E-state index contributed by atoms with van der Waals surface area (Å²) in [6, 6.07) is 20.2. The predicted octanol–water partition coefficient (Wildman–Crippen LogP) is 7.18. The van der Waals surface area contributed by atoms with E-state index in [1.54, 1.807) is 13.1 Å². The number of rotatable bonds is 8. The van der Waals surface area contributed by atoms with Crippen LogP contribution in [0.2, 0.25) is 5.02 Å². The maximum absolute atomic E-state index is 15.0. The van der Waals surface area contributed by atoms with Gasteiger partial charge in [0.1, 0.15) is 12.4 Å². The number of esters is 1. The molecule has 0 saturated heterocycles. The van der Waals surface area contributed by atoms with Crippen molar-refractivity contribution in [1.29, 1.82) is 0 Å². The second-order valence-electron chi connectivity index (χ2n) is 9.08. The summed E-state index contributed by atoms with van der Waals surface area (Å²) in [5, 5.41) is 3.53. The van der Waals surface area contributed by atoms with E-state index in [9.17, 15) is 14.0 Å². The molecule has 3 aromatic carbocycles. The average Bonchev–Trinajstić information content (AvgIpc) is 3.70. The summed E-state index contributed by atoms with van der Waals surface area (Å²) in [7, 11) is 3.20. The molecule has 6 nitrogen and oxygen atoms in total. The van der Waals surface area contributed by atoms with E-state index in [-0.39, 0.29) is 11.8 Å². The van der Waals surface area contributed by atoms with Gasteiger partial charge in [0, 0.05) is 23.2 Å².